The van der Waals surface area contributed by atoms with Gasteiger partial charge in [0, 0.05) is 6.20 Å². The summed E-state index contributed by atoms with van der Waals surface area (Å²) < 4.78 is 0. The molecule has 3 nitrogen and oxygen atoms in total. The van der Waals surface area contributed by atoms with Gasteiger partial charge in [-0.1, -0.05) is 51.1 Å². The fourth-order valence-corrected chi connectivity index (χ4v) is 2.19. The Kier molecular flexibility index (Phi) is 4.05. The number of aromatic nitrogens is 1. The summed E-state index contributed by atoms with van der Waals surface area (Å²) in [5, 5.41) is 12.6. The highest BCUT2D eigenvalue weighted by Crippen LogP contribution is 2.35. The molecule has 0 radical (unpaired) electrons. The standard InChI is InChI=1S/C17H19N3/c1-17(2,3)15(13-8-5-4-6-9-13)20-16-14(12-18)10-7-11-19-16/h4-11,15H,1-3H3,(H,19,20). The number of nitrogens with zero attached hydrogens (tertiary/aromatic N) is 2. The summed E-state index contributed by atoms with van der Waals surface area (Å²) in [4.78, 5) is 4.29. The third-order valence-electron chi connectivity index (χ3n) is 3.21. The minimum atomic E-state index is 0.00556. The van der Waals surface area contributed by atoms with E-state index in [1.54, 1.807) is 18.3 Å². The second-order valence-corrected chi connectivity index (χ2v) is 5.87. The van der Waals surface area contributed by atoms with Gasteiger partial charge >= 0.3 is 0 Å². The molecule has 0 fully saturated rings. The Hall–Kier alpha value is -2.34. The van der Waals surface area contributed by atoms with Crippen molar-refractivity contribution in [1.82, 2.24) is 4.98 Å². The molecule has 0 aliphatic carbocycles. The first-order valence-corrected chi connectivity index (χ1v) is 6.69. The van der Waals surface area contributed by atoms with E-state index in [1.165, 1.54) is 5.56 Å². The van der Waals surface area contributed by atoms with Crippen molar-refractivity contribution in [2.45, 2.75) is 26.8 Å². The van der Waals surface area contributed by atoms with Gasteiger partial charge in [-0.3, -0.25) is 0 Å². The molecule has 0 amide bonds. The number of hydrogen-bond acceptors (Lipinski definition) is 3. The zero-order chi connectivity index (χ0) is 14.6. The van der Waals surface area contributed by atoms with Gasteiger partial charge < -0.3 is 5.32 Å². The van der Waals surface area contributed by atoms with Gasteiger partial charge in [0.1, 0.15) is 11.9 Å². The maximum absolute atomic E-state index is 9.17. The van der Waals surface area contributed by atoms with Crippen molar-refractivity contribution in [3.63, 3.8) is 0 Å². The van der Waals surface area contributed by atoms with Crippen LogP contribution in [0.15, 0.2) is 48.7 Å². The normalized spacial score (nSPS) is 12.5. The SMILES string of the molecule is CC(C)(C)C(Nc1ncccc1C#N)c1ccccc1. The van der Waals surface area contributed by atoms with Gasteiger partial charge in [-0.15, -0.1) is 0 Å². The molecule has 1 aromatic heterocycles. The van der Waals surface area contributed by atoms with Gasteiger partial charge in [-0.2, -0.15) is 5.26 Å². The molecule has 1 N–H and O–H groups in total. The molecular formula is C17H19N3. The van der Waals surface area contributed by atoms with Gasteiger partial charge in [0.25, 0.3) is 0 Å². The van der Waals surface area contributed by atoms with Crippen LogP contribution in [-0.2, 0) is 0 Å². The van der Waals surface area contributed by atoms with E-state index in [4.69, 9.17) is 0 Å². The van der Waals surface area contributed by atoms with E-state index in [-0.39, 0.29) is 11.5 Å². The van der Waals surface area contributed by atoms with Crippen LogP contribution in [-0.4, -0.2) is 4.98 Å². The summed E-state index contributed by atoms with van der Waals surface area (Å²) >= 11 is 0. The quantitative estimate of drug-likeness (QED) is 0.906. The number of nitriles is 1. The number of anilines is 1. The molecule has 0 spiro atoms. The third kappa shape index (κ3) is 3.16. The minimum Gasteiger partial charge on any atom is -0.362 e. The molecule has 3 heteroatoms. The predicted octanol–water partition coefficient (Wildman–Crippen LogP) is 4.15. The highest BCUT2D eigenvalue weighted by atomic mass is 15.0. The zero-order valence-corrected chi connectivity index (χ0v) is 12.1. The van der Waals surface area contributed by atoms with Crippen LogP contribution in [0.2, 0.25) is 0 Å². The third-order valence-corrected chi connectivity index (χ3v) is 3.21. The van der Waals surface area contributed by atoms with Crippen LogP contribution < -0.4 is 5.32 Å². The van der Waals surface area contributed by atoms with Crippen LogP contribution in [0.4, 0.5) is 5.82 Å². The molecule has 1 aromatic carbocycles. The number of hydrogen-bond donors (Lipinski definition) is 1. The number of pyridine rings is 1. The Morgan fingerprint density at radius 1 is 1.10 bits per heavy atom. The maximum atomic E-state index is 9.17. The topological polar surface area (TPSA) is 48.7 Å². The van der Waals surface area contributed by atoms with Crippen LogP contribution in [0.25, 0.3) is 0 Å². The van der Waals surface area contributed by atoms with E-state index in [1.807, 2.05) is 18.2 Å². The van der Waals surface area contributed by atoms with Crippen LogP contribution in [0, 0.1) is 16.7 Å². The first-order chi connectivity index (χ1) is 9.52. The summed E-state index contributed by atoms with van der Waals surface area (Å²) in [5.41, 5.74) is 1.76. The molecule has 2 aromatic rings. The number of nitrogens with one attached hydrogen (secondary N) is 1. The summed E-state index contributed by atoms with van der Waals surface area (Å²) in [7, 11) is 0. The number of benzene rings is 1. The van der Waals surface area contributed by atoms with Gasteiger partial charge in [0.15, 0.2) is 0 Å². The summed E-state index contributed by atoms with van der Waals surface area (Å²) in [6.07, 6.45) is 1.70. The molecule has 1 unspecified atom stereocenters. The molecule has 0 saturated carbocycles. The lowest BCUT2D eigenvalue weighted by Crippen LogP contribution is -2.26. The highest BCUT2D eigenvalue weighted by molar-refractivity contribution is 5.52. The van der Waals surface area contributed by atoms with Crippen molar-refractivity contribution in [3.8, 4) is 6.07 Å². The van der Waals surface area contributed by atoms with Crippen molar-refractivity contribution in [1.29, 1.82) is 5.26 Å². The zero-order valence-electron chi connectivity index (χ0n) is 12.1. The fraction of sp³-hybridized carbons (Fsp3) is 0.294. The van der Waals surface area contributed by atoms with E-state index in [9.17, 15) is 5.26 Å². The van der Waals surface area contributed by atoms with E-state index in [0.717, 1.165) is 0 Å². The Labute approximate surface area is 120 Å². The molecule has 0 aliphatic rings. The molecular weight excluding hydrogens is 246 g/mol. The molecule has 102 valence electrons. The van der Waals surface area contributed by atoms with Gasteiger partial charge in [0.2, 0.25) is 0 Å². The number of rotatable bonds is 3. The van der Waals surface area contributed by atoms with Crippen LogP contribution >= 0.6 is 0 Å². The monoisotopic (exact) mass is 265 g/mol. The molecule has 2 rings (SSSR count). The fourth-order valence-electron chi connectivity index (χ4n) is 2.19. The highest BCUT2D eigenvalue weighted by Gasteiger charge is 2.27. The first kappa shape index (κ1) is 14.1. The second-order valence-electron chi connectivity index (χ2n) is 5.87. The van der Waals surface area contributed by atoms with E-state index in [2.05, 4.69) is 49.3 Å². The Bertz CT molecular complexity index is 606. The average molecular weight is 265 g/mol. The molecule has 1 atom stereocenters. The van der Waals surface area contributed by atoms with Gasteiger partial charge in [0.05, 0.1) is 11.6 Å². The van der Waals surface area contributed by atoms with Crippen molar-refractivity contribution in [3.05, 3.63) is 59.8 Å². The van der Waals surface area contributed by atoms with Gasteiger partial charge in [-0.05, 0) is 23.1 Å². The predicted molar refractivity (Wildman–Crippen MR) is 81.2 cm³/mol. The average Bonchev–Trinajstić information content (AvgIpc) is 2.45. The summed E-state index contributed by atoms with van der Waals surface area (Å²) in [6, 6.07) is 16.1. The first-order valence-electron chi connectivity index (χ1n) is 6.69. The Morgan fingerprint density at radius 3 is 2.40 bits per heavy atom. The second kappa shape index (κ2) is 5.75. The van der Waals surface area contributed by atoms with E-state index in [0.29, 0.717) is 11.4 Å². The van der Waals surface area contributed by atoms with Crippen LogP contribution in [0.3, 0.4) is 0 Å². The lowest BCUT2D eigenvalue weighted by atomic mass is 9.82. The van der Waals surface area contributed by atoms with Crippen molar-refractivity contribution in [2.75, 3.05) is 5.32 Å². The smallest absolute Gasteiger partial charge is 0.144 e. The molecule has 20 heavy (non-hydrogen) atoms. The molecule has 0 bridgehead atoms. The maximum Gasteiger partial charge on any atom is 0.144 e. The van der Waals surface area contributed by atoms with Crippen LogP contribution in [0.5, 0.6) is 0 Å². The lowest BCUT2D eigenvalue weighted by Gasteiger charge is -2.32. The van der Waals surface area contributed by atoms with Crippen molar-refractivity contribution >= 4 is 5.82 Å². The Balaban J connectivity index is 2.38. The summed E-state index contributed by atoms with van der Waals surface area (Å²) in [5.74, 6) is 0.638. The lowest BCUT2D eigenvalue weighted by molar-refractivity contribution is 0.347. The Morgan fingerprint density at radius 2 is 1.80 bits per heavy atom. The van der Waals surface area contributed by atoms with Crippen LogP contribution in [0.1, 0.15) is 37.9 Å². The van der Waals surface area contributed by atoms with E-state index < -0.39 is 0 Å². The summed E-state index contributed by atoms with van der Waals surface area (Å²) in [6.45, 7) is 6.52. The minimum absolute atomic E-state index is 0.00556. The van der Waals surface area contributed by atoms with E-state index >= 15 is 0 Å². The van der Waals surface area contributed by atoms with Crippen molar-refractivity contribution < 1.29 is 0 Å². The molecule has 1 heterocycles. The van der Waals surface area contributed by atoms with Crippen molar-refractivity contribution in [2.24, 2.45) is 5.41 Å². The largest absolute Gasteiger partial charge is 0.362 e. The molecule has 0 aliphatic heterocycles. The molecule has 0 saturated heterocycles. The van der Waals surface area contributed by atoms with Gasteiger partial charge in [-0.25, -0.2) is 4.98 Å².